The number of piperidine rings is 1. The molecule has 116 valence electrons. The van der Waals surface area contributed by atoms with E-state index in [2.05, 4.69) is 24.1 Å². The van der Waals surface area contributed by atoms with E-state index in [-0.39, 0.29) is 11.9 Å². The first kappa shape index (κ1) is 15.8. The van der Waals surface area contributed by atoms with Crippen molar-refractivity contribution < 1.29 is 4.79 Å². The largest absolute Gasteiger partial charge is 0.399 e. The molecular weight excluding hydrogens is 262 g/mol. The number of anilines is 2. The maximum atomic E-state index is 12.3. The minimum atomic E-state index is -0.0936. The number of nitrogens with zero attached hydrogens (tertiary/aromatic N) is 1. The standard InChI is InChI=1S/C17H27N3O/c1-4-17(3)9-11-20(12-10-17)13(2)16(21)19-15-7-5-14(18)6-8-15/h5-8,13H,4,9-12,18H2,1-3H3,(H,19,21). The molecule has 1 aliphatic heterocycles. The van der Waals surface area contributed by atoms with Gasteiger partial charge in [-0.25, -0.2) is 0 Å². The van der Waals surface area contributed by atoms with Crippen LogP contribution in [0.15, 0.2) is 24.3 Å². The average Bonchev–Trinajstić information content (AvgIpc) is 2.49. The van der Waals surface area contributed by atoms with Gasteiger partial charge in [0.25, 0.3) is 0 Å². The van der Waals surface area contributed by atoms with Gasteiger partial charge in [-0.3, -0.25) is 9.69 Å². The zero-order chi connectivity index (χ0) is 15.5. The van der Waals surface area contributed by atoms with E-state index >= 15 is 0 Å². The van der Waals surface area contributed by atoms with Crippen molar-refractivity contribution in [3.8, 4) is 0 Å². The van der Waals surface area contributed by atoms with Gasteiger partial charge < -0.3 is 11.1 Å². The Hall–Kier alpha value is -1.55. The molecule has 0 radical (unpaired) electrons. The Bertz CT molecular complexity index is 475. The number of nitrogens with one attached hydrogen (secondary N) is 1. The van der Waals surface area contributed by atoms with Crippen LogP contribution in [0, 0.1) is 5.41 Å². The van der Waals surface area contributed by atoms with E-state index in [1.54, 1.807) is 12.1 Å². The summed E-state index contributed by atoms with van der Waals surface area (Å²) in [6, 6.07) is 7.18. The predicted molar refractivity (Wildman–Crippen MR) is 88.2 cm³/mol. The highest BCUT2D eigenvalue weighted by Gasteiger charge is 2.32. The molecule has 0 aromatic heterocycles. The van der Waals surface area contributed by atoms with E-state index in [0.29, 0.717) is 11.1 Å². The number of carbonyl (C=O) groups is 1. The summed E-state index contributed by atoms with van der Waals surface area (Å²) in [5, 5.41) is 2.96. The van der Waals surface area contributed by atoms with Gasteiger partial charge in [0.15, 0.2) is 0 Å². The van der Waals surface area contributed by atoms with Crippen LogP contribution in [0.1, 0.15) is 40.0 Å². The minimum absolute atomic E-state index is 0.0554. The summed E-state index contributed by atoms with van der Waals surface area (Å²) in [7, 11) is 0. The van der Waals surface area contributed by atoms with Crippen LogP contribution in [-0.4, -0.2) is 29.9 Å². The highest BCUT2D eigenvalue weighted by molar-refractivity contribution is 5.94. The Morgan fingerprint density at radius 2 is 1.90 bits per heavy atom. The molecule has 0 aliphatic carbocycles. The van der Waals surface area contributed by atoms with Gasteiger partial charge in [0, 0.05) is 11.4 Å². The van der Waals surface area contributed by atoms with Crippen LogP contribution < -0.4 is 11.1 Å². The lowest BCUT2D eigenvalue weighted by Crippen LogP contribution is -2.48. The number of amides is 1. The second-order valence-corrected chi connectivity index (χ2v) is 6.49. The molecule has 0 spiro atoms. The Balaban J connectivity index is 1.90. The Morgan fingerprint density at radius 1 is 1.33 bits per heavy atom. The smallest absolute Gasteiger partial charge is 0.241 e. The van der Waals surface area contributed by atoms with E-state index in [0.717, 1.165) is 18.8 Å². The molecule has 1 unspecified atom stereocenters. The van der Waals surface area contributed by atoms with Crippen molar-refractivity contribution in [2.75, 3.05) is 24.1 Å². The summed E-state index contributed by atoms with van der Waals surface area (Å²) in [5.41, 5.74) is 7.61. The van der Waals surface area contributed by atoms with Crippen LogP contribution in [-0.2, 0) is 4.79 Å². The van der Waals surface area contributed by atoms with Gasteiger partial charge in [-0.15, -0.1) is 0 Å². The van der Waals surface area contributed by atoms with Gasteiger partial charge in [0.2, 0.25) is 5.91 Å². The fourth-order valence-electron chi connectivity index (χ4n) is 2.78. The third-order valence-electron chi connectivity index (χ3n) is 4.96. The second-order valence-electron chi connectivity index (χ2n) is 6.49. The number of hydrogen-bond donors (Lipinski definition) is 2. The van der Waals surface area contributed by atoms with Gasteiger partial charge >= 0.3 is 0 Å². The van der Waals surface area contributed by atoms with Crippen molar-refractivity contribution >= 4 is 17.3 Å². The molecule has 1 fully saturated rings. The molecule has 2 rings (SSSR count). The molecule has 1 aromatic carbocycles. The molecular formula is C17H27N3O. The van der Waals surface area contributed by atoms with E-state index in [1.807, 2.05) is 19.1 Å². The molecule has 1 atom stereocenters. The lowest BCUT2D eigenvalue weighted by Gasteiger charge is -2.41. The van der Waals surface area contributed by atoms with Crippen LogP contribution in [0.25, 0.3) is 0 Å². The molecule has 4 heteroatoms. The summed E-state index contributed by atoms with van der Waals surface area (Å²) in [4.78, 5) is 14.6. The first-order chi connectivity index (χ1) is 9.93. The molecule has 1 saturated heterocycles. The van der Waals surface area contributed by atoms with E-state index in [9.17, 15) is 4.79 Å². The zero-order valence-electron chi connectivity index (χ0n) is 13.4. The van der Waals surface area contributed by atoms with Crippen LogP contribution in [0.2, 0.25) is 0 Å². The third kappa shape index (κ3) is 3.97. The number of nitrogens with two attached hydrogens (primary N) is 1. The minimum Gasteiger partial charge on any atom is -0.399 e. The first-order valence-electron chi connectivity index (χ1n) is 7.84. The summed E-state index contributed by atoms with van der Waals surface area (Å²) in [6.07, 6.45) is 3.55. The number of hydrogen-bond acceptors (Lipinski definition) is 3. The van der Waals surface area contributed by atoms with Crippen molar-refractivity contribution in [1.82, 2.24) is 4.90 Å². The first-order valence-corrected chi connectivity index (χ1v) is 7.84. The number of carbonyl (C=O) groups excluding carboxylic acids is 1. The predicted octanol–water partition coefficient (Wildman–Crippen LogP) is 3.11. The van der Waals surface area contributed by atoms with Crippen LogP contribution in [0.5, 0.6) is 0 Å². The molecule has 0 bridgehead atoms. The summed E-state index contributed by atoms with van der Waals surface area (Å²) in [5.74, 6) is 0.0554. The zero-order valence-corrected chi connectivity index (χ0v) is 13.4. The lowest BCUT2D eigenvalue weighted by molar-refractivity contribution is -0.121. The van der Waals surface area contributed by atoms with Crippen LogP contribution in [0.3, 0.4) is 0 Å². The molecule has 21 heavy (non-hydrogen) atoms. The van der Waals surface area contributed by atoms with Crippen molar-refractivity contribution in [2.24, 2.45) is 5.41 Å². The summed E-state index contributed by atoms with van der Waals surface area (Å²) in [6.45, 7) is 8.60. The molecule has 3 N–H and O–H groups in total. The topological polar surface area (TPSA) is 58.4 Å². The quantitative estimate of drug-likeness (QED) is 0.837. The number of nitrogen functional groups attached to an aromatic ring is 1. The molecule has 0 saturated carbocycles. The SMILES string of the molecule is CCC1(C)CCN(C(C)C(=O)Nc2ccc(N)cc2)CC1. The fraction of sp³-hybridized carbons (Fsp3) is 0.588. The second kappa shape index (κ2) is 6.48. The maximum absolute atomic E-state index is 12.3. The van der Waals surface area contributed by atoms with Gasteiger partial charge in [0.1, 0.15) is 0 Å². The third-order valence-corrected chi connectivity index (χ3v) is 4.96. The Morgan fingerprint density at radius 3 is 2.43 bits per heavy atom. The van der Waals surface area contributed by atoms with Crippen molar-refractivity contribution in [3.05, 3.63) is 24.3 Å². The molecule has 1 amide bonds. The van der Waals surface area contributed by atoms with Gasteiger partial charge in [0.05, 0.1) is 6.04 Å². The average molecular weight is 289 g/mol. The molecule has 1 aromatic rings. The van der Waals surface area contributed by atoms with Crippen LogP contribution in [0.4, 0.5) is 11.4 Å². The summed E-state index contributed by atoms with van der Waals surface area (Å²) < 4.78 is 0. The monoisotopic (exact) mass is 289 g/mol. The number of rotatable bonds is 4. The normalized spacial score (nSPS) is 20.0. The lowest BCUT2D eigenvalue weighted by atomic mass is 9.78. The van der Waals surface area contributed by atoms with Crippen molar-refractivity contribution in [2.45, 2.75) is 46.1 Å². The molecule has 4 nitrogen and oxygen atoms in total. The van der Waals surface area contributed by atoms with Gasteiger partial charge in [-0.1, -0.05) is 20.3 Å². The van der Waals surface area contributed by atoms with Crippen LogP contribution >= 0.6 is 0 Å². The maximum Gasteiger partial charge on any atom is 0.241 e. The van der Waals surface area contributed by atoms with Gasteiger partial charge in [-0.2, -0.15) is 0 Å². The van der Waals surface area contributed by atoms with E-state index in [4.69, 9.17) is 5.73 Å². The summed E-state index contributed by atoms with van der Waals surface area (Å²) >= 11 is 0. The Kier molecular flexibility index (Phi) is 4.88. The number of likely N-dealkylation sites (tertiary alicyclic amines) is 1. The van der Waals surface area contributed by atoms with E-state index < -0.39 is 0 Å². The van der Waals surface area contributed by atoms with E-state index in [1.165, 1.54) is 19.3 Å². The highest BCUT2D eigenvalue weighted by Crippen LogP contribution is 2.34. The van der Waals surface area contributed by atoms with Crippen molar-refractivity contribution in [1.29, 1.82) is 0 Å². The number of benzene rings is 1. The highest BCUT2D eigenvalue weighted by atomic mass is 16.2. The molecule has 1 aliphatic rings. The van der Waals surface area contributed by atoms with Gasteiger partial charge in [-0.05, 0) is 62.5 Å². The fourth-order valence-corrected chi connectivity index (χ4v) is 2.78. The molecule has 1 heterocycles. The Labute approximate surface area is 127 Å². The van der Waals surface area contributed by atoms with Crippen molar-refractivity contribution in [3.63, 3.8) is 0 Å².